The van der Waals surface area contributed by atoms with Gasteiger partial charge in [-0.3, -0.25) is 0 Å². The Morgan fingerprint density at radius 1 is 1.60 bits per heavy atom. The Kier molecular flexibility index (Phi) is 2.05. The topological polar surface area (TPSA) is 39.6 Å². The van der Waals surface area contributed by atoms with E-state index in [0.29, 0.717) is 15.4 Å². The summed E-state index contributed by atoms with van der Waals surface area (Å²) in [5, 5.41) is 8.89. The van der Waals surface area contributed by atoms with E-state index in [-0.39, 0.29) is 0 Å². The van der Waals surface area contributed by atoms with E-state index in [2.05, 4.69) is 4.98 Å². The molecule has 0 saturated carbocycles. The van der Waals surface area contributed by atoms with Crippen LogP contribution >= 0.6 is 23.8 Å². The van der Waals surface area contributed by atoms with Crippen molar-refractivity contribution < 1.29 is 0 Å². The van der Waals surface area contributed by atoms with Gasteiger partial charge in [-0.1, -0.05) is 23.8 Å². The summed E-state index contributed by atoms with van der Waals surface area (Å²) in [6, 6.07) is 5.01. The van der Waals surface area contributed by atoms with Crippen LogP contribution in [0.5, 0.6) is 0 Å². The van der Waals surface area contributed by atoms with Gasteiger partial charge in [0.1, 0.15) is 16.4 Å². The molecule has 50 valence electrons. The van der Waals surface area contributed by atoms with Crippen LogP contribution in [0.3, 0.4) is 0 Å². The lowest BCUT2D eigenvalue weighted by Crippen LogP contribution is -1.80. The second-order valence-corrected chi connectivity index (χ2v) is 2.56. The second-order valence-electron chi connectivity index (χ2n) is 1.69. The van der Waals surface area contributed by atoms with Crippen LogP contribution in [0.2, 0.25) is 5.02 Å². The summed E-state index contributed by atoms with van der Waals surface area (Å²) in [7, 11) is 0. The number of H-pyrrole nitrogens is 1. The molecule has 4 heteroatoms. The Bertz CT molecular complexity index is 336. The van der Waals surface area contributed by atoms with Gasteiger partial charge in [-0.05, 0) is 12.1 Å². The Labute approximate surface area is 68.1 Å². The van der Waals surface area contributed by atoms with Crippen molar-refractivity contribution in [2.45, 2.75) is 0 Å². The Balaban J connectivity index is 3.36. The highest BCUT2D eigenvalue weighted by Gasteiger charge is 1.91. The third-order valence-electron chi connectivity index (χ3n) is 0.930. The zero-order chi connectivity index (χ0) is 7.56. The Morgan fingerprint density at radius 3 is 2.80 bits per heavy atom. The van der Waals surface area contributed by atoms with E-state index >= 15 is 0 Å². The number of nitriles is 1. The van der Waals surface area contributed by atoms with E-state index in [1.54, 1.807) is 6.07 Å². The van der Waals surface area contributed by atoms with Gasteiger partial charge in [0.15, 0.2) is 0 Å². The lowest BCUT2D eigenvalue weighted by molar-refractivity contribution is 1.24. The minimum atomic E-state index is 0.387. The standard InChI is InChI=1S/C6H3ClN2S/c7-4-1-5(3-8)9-6(10)2-4/h1-2H,(H,9,10). The summed E-state index contributed by atoms with van der Waals surface area (Å²) >= 11 is 10.4. The molecule has 1 rings (SSSR count). The zero-order valence-electron chi connectivity index (χ0n) is 4.89. The van der Waals surface area contributed by atoms with Gasteiger partial charge < -0.3 is 4.98 Å². The summed E-state index contributed by atoms with van der Waals surface area (Å²) in [5.74, 6) is 0. The first kappa shape index (κ1) is 7.26. The molecule has 0 saturated heterocycles. The monoisotopic (exact) mass is 170 g/mol. The van der Waals surface area contributed by atoms with Crippen LogP contribution in [0.25, 0.3) is 0 Å². The molecule has 2 nitrogen and oxygen atoms in total. The second kappa shape index (κ2) is 2.82. The average Bonchev–Trinajstić information content (AvgIpc) is 1.85. The fraction of sp³-hybridized carbons (Fsp3) is 0. The van der Waals surface area contributed by atoms with Crippen LogP contribution in [-0.4, -0.2) is 4.98 Å². The predicted molar refractivity (Wildman–Crippen MR) is 41.4 cm³/mol. The molecule has 0 fully saturated rings. The van der Waals surface area contributed by atoms with Gasteiger partial charge in [-0.25, -0.2) is 0 Å². The van der Waals surface area contributed by atoms with Crippen molar-refractivity contribution in [3.63, 3.8) is 0 Å². The maximum Gasteiger partial charge on any atom is 0.120 e. The first-order chi connectivity index (χ1) is 4.72. The van der Waals surface area contributed by atoms with E-state index in [4.69, 9.17) is 29.1 Å². The number of pyridine rings is 1. The highest BCUT2D eigenvalue weighted by molar-refractivity contribution is 7.71. The molecular weight excluding hydrogens is 168 g/mol. The fourth-order valence-electron chi connectivity index (χ4n) is 0.570. The molecule has 1 aromatic heterocycles. The molecule has 0 aliphatic heterocycles. The predicted octanol–water partition coefficient (Wildman–Crippen LogP) is 2.27. The van der Waals surface area contributed by atoms with Crippen LogP contribution in [0.1, 0.15) is 5.69 Å². The Hall–Kier alpha value is -0.850. The smallest absolute Gasteiger partial charge is 0.120 e. The van der Waals surface area contributed by atoms with Crippen molar-refractivity contribution in [2.75, 3.05) is 0 Å². The molecule has 0 atom stereocenters. The third kappa shape index (κ3) is 1.56. The average molecular weight is 171 g/mol. The molecule has 1 aromatic rings. The molecule has 1 heterocycles. The van der Waals surface area contributed by atoms with E-state index in [1.165, 1.54) is 6.07 Å². The largest absolute Gasteiger partial charge is 0.338 e. The minimum absolute atomic E-state index is 0.387. The van der Waals surface area contributed by atoms with Crippen LogP contribution in [-0.2, 0) is 0 Å². The van der Waals surface area contributed by atoms with Gasteiger partial charge in [-0.2, -0.15) is 5.26 Å². The van der Waals surface area contributed by atoms with Crippen molar-refractivity contribution in [1.82, 2.24) is 4.98 Å². The minimum Gasteiger partial charge on any atom is -0.338 e. The molecule has 0 amide bonds. The van der Waals surface area contributed by atoms with Crippen LogP contribution in [0.4, 0.5) is 0 Å². The van der Waals surface area contributed by atoms with Crippen LogP contribution < -0.4 is 0 Å². The number of halogens is 1. The van der Waals surface area contributed by atoms with Crippen molar-refractivity contribution in [3.05, 3.63) is 27.5 Å². The molecule has 1 N–H and O–H groups in total. The molecule has 0 aromatic carbocycles. The fourth-order valence-corrected chi connectivity index (χ4v) is 1.09. The van der Waals surface area contributed by atoms with Gasteiger partial charge >= 0.3 is 0 Å². The molecular formula is C6H3ClN2S. The summed E-state index contributed by atoms with van der Waals surface area (Å²) < 4.78 is 0.476. The number of aromatic nitrogens is 1. The van der Waals surface area contributed by atoms with Gasteiger partial charge in [0.2, 0.25) is 0 Å². The summed E-state index contributed by atoms with van der Waals surface area (Å²) in [4.78, 5) is 2.67. The van der Waals surface area contributed by atoms with Gasteiger partial charge in [-0.15, -0.1) is 0 Å². The van der Waals surface area contributed by atoms with Crippen molar-refractivity contribution in [2.24, 2.45) is 0 Å². The maximum atomic E-state index is 8.40. The molecule has 0 bridgehead atoms. The molecule has 0 spiro atoms. The SMILES string of the molecule is N#Cc1cc(Cl)cc(=S)[nH]1. The van der Waals surface area contributed by atoms with Gasteiger partial charge in [0, 0.05) is 5.02 Å². The van der Waals surface area contributed by atoms with Crippen molar-refractivity contribution in [1.29, 1.82) is 5.26 Å². The molecule has 0 aliphatic rings. The quantitative estimate of drug-likeness (QED) is 0.607. The van der Waals surface area contributed by atoms with Crippen LogP contribution in [0, 0.1) is 16.0 Å². The third-order valence-corrected chi connectivity index (χ3v) is 1.37. The zero-order valence-corrected chi connectivity index (χ0v) is 6.46. The van der Waals surface area contributed by atoms with Gasteiger partial charge in [0.05, 0.1) is 0 Å². The van der Waals surface area contributed by atoms with E-state index in [0.717, 1.165) is 0 Å². The number of nitrogens with one attached hydrogen (secondary N) is 1. The molecule has 0 unspecified atom stereocenters. The van der Waals surface area contributed by atoms with E-state index in [9.17, 15) is 0 Å². The number of hydrogen-bond donors (Lipinski definition) is 1. The molecule has 0 radical (unpaired) electrons. The van der Waals surface area contributed by atoms with Gasteiger partial charge in [0.25, 0.3) is 0 Å². The first-order valence-electron chi connectivity index (χ1n) is 2.52. The lowest BCUT2D eigenvalue weighted by Gasteiger charge is -1.89. The Morgan fingerprint density at radius 2 is 2.30 bits per heavy atom. The number of hydrogen-bond acceptors (Lipinski definition) is 2. The van der Waals surface area contributed by atoms with E-state index < -0.39 is 0 Å². The lowest BCUT2D eigenvalue weighted by atomic mass is 10.4. The number of nitrogens with zero attached hydrogens (tertiary/aromatic N) is 1. The highest BCUT2D eigenvalue weighted by atomic mass is 35.5. The normalized spacial score (nSPS) is 8.80. The number of aromatic amines is 1. The molecule has 0 aliphatic carbocycles. The number of rotatable bonds is 0. The van der Waals surface area contributed by atoms with Crippen molar-refractivity contribution >= 4 is 23.8 Å². The summed E-state index contributed by atoms with van der Waals surface area (Å²) in [6.45, 7) is 0. The summed E-state index contributed by atoms with van der Waals surface area (Å²) in [5.41, 5.74) is 0.387. The maximum absolute atomic E-state index is 8.40. The summed E-state index contributed by atoms with van der Waals surface area (Å²) in [6.07, 6.45) is 0. The molecule has 10 heavy (non-hydrogen) atoms. The first-order valence-corrected chi connectivity index (χ1v) is 3.31. The van der Waals surface area contributed by atoms with Crippen LogP contribution in [0.15, 0.2) is 12.1 Å². The van der Waals surface area contributed by atoms with E-state index in [1.807, 2.05) is 6.07 Å². The highest BCUT2D eigenvalue weighted by Crippen LogP contribution is 2.07. The van der Waals surface area contributed by atoms with Crippen molar-refractivity contribution in [3.8, 4) is 6.07 Å².